The van der Waals surface area contributed by atoms with E-state index >= 15 is 0 Å². The second-order valence-corrected chi connectivity index (χ2v) is 3.61. The molecule has 9 heteroatoms. The Labute approximate surface area is 109 Å². The van der Waals surface area contributed by atoms with Gasteiger partial charge >= 0.3 is 5.69 Å². The van der Waals surface area contributed by atoms with E-state index < -0.39 is 4.92 Å². The molecule has 1 aromatic heterocycles. The third-order valence-corrected chi connectivity index (χ3v) is 2.50. The first kappa shape index (κ1) is 14.6. The maximum absolute atomic E-state index is 11.0. The normalized spacial score (nSPS) is 11.4. The molecule has 0 bridgehead atoms. The van der Waals surface area contributed by atoms with Crippen molar-refractivity contribution in [2.75, 3.05) is 24.6 Å². The Kier molecular flexibility index (Phi) is 5.01. The maximum Gasteiger partial charge on any atom is 0.312 e. The number of pyridine rings is 1. The van der Waals surface area contributed by atoms with Crippen LogP contribution in [-0.2, 0) is 0 Å². The largest absolute Gasteiger partial charge is 0.409 e. The smallest absolute Gasteiger partial charge is 0.312 e. The Bertz CT molecular complexity index is 491. The molecule has 19 heavy (non-hydrogen) atoms. The van der Waals surface area contributed by atoms with Gasteiger partial charge in [-0.15, -0.1) is 0 Å². The molecule has 0 aliphatic rings. The summed E-state index contributed by atoms with van der Waals surface area (Å²) in [5, 5.41) is 31.3. The number of hydrogen-bond donors (Lipinski definition) is 3. The molecule has 1 rings (SSSR count). The number of aliphatic hydroxyl groups excluding tert-OH is 1. The molecule has 1 aromatic rings. The van der Waals surface area contributed by atoms with Crippen LogP contribution in [0.1, 0.15) is 12.5 Å². The van der Waals surface area contributed by atoms with Gasteiger partial charge in [-0.05, 0) is 6.92 Å². The van der Waals surface area contributed by atoms with E-state index in [-0.39, 0.29) is 36.1 Å². The van der Waals surface area contributed by atoms with Crippen molar-refractivity contribution in [2.24, 2.45) is 10.9 Å². The minimum Gasteiger partial charge on any atom is -0.409 e. The van der Waals surface area contributed by atoms with E-state index in [0.29, 0.717) is 6.54 Å². The van der Waals surface area contributed by atoms with Gasteiger partial charge in [0.25, 0.3) is 0 Å². The highest BCUT2D eigenvalue weighted by molar-refractivity contribution is 5.97. The lowest BCUT2D eigenvalue weighted by atomic mass is 10.2. The average Bonchev–Trinajstić information content (AvgIpc) is 2.43. The van der Waals surface area contributed by atoms with Gasteiger partial charge in [-0.2, -0.15) is 0 Å². The van der Waals surface area contributed by atoms with Crippen LogP contribution in [0, 0.1) is 10.1 Å². The zero-order valence-electron chi connectivity index (χ0n) is 10.4. The molecule has 0 saturated carbocycles. The van der Waals surface area contributed by atoms with Gasteiger partial charge < -0.3 is 20.9 Å². The SMILES string of the molecule is CCN(CCO)c1ncc(C(N)=NO)cc1[N+](=O)[O-]. The van der Waals surface area contributed by atoms with Crippen LogP contribution >= 0.6 is 0 Å². The van der Waals surface area contributed by atoms with E-state index in [1.807, 2.05) is 0 Å². The monoisotopic (exact) mass is 269 g/mol. The summed E-state index contributed by atoms with van der Waals surface area (Å²) >= 11 is 0. The molecule has 0 spiro atoms. The first-order valence-electron chi connectivity index (χ1n) is 5.53. The Balaban J connectivity index is 3.29. The number of aliphatic hydroxyl groups is 1. The van der Waals surface area contributed by atoms with Crippen LogP contribution in [0.5, 0.6) is 0 Å². The molecule has 0 aromatic carbocycles. The molecule has 0 aliphatic carbocycles. The van der Waals surface area contributed by atoms with Crippen LogP contribution < -0.4 is 10.6 Å². The van der Waals surface area contributed by atoms with E-state index in [1.54, 1.807) is 11.8 Å². The number of nitro groups is 1. The van der Waals surface area contributed by atoms with Gasteiger partial charge in [-0.1, -0.05) is 5.16 Å². The summed E-state index contributed by atoms with van der Waals surface area (Å²) < 4.78 is 0. The molecule has 0 radical (unpaired) electrons. The lowest BCUT2D eigenvalue weighted by Gasteiger charge is -2.20. The highest BCUT2D eigenvalue weighted by atomic mass is 16.6. The predicted molar refractivity (Wildman–Crippen MR) is 68.4 cm³/mol. The van der Waals surface area contributed by atoms with Crippen LogP contribution in [-0.4, -0.2) is 45.8 Å². The lowest BCUT2D eigenvalue weighted by Crippen LogP contribution is -2.28. The minimum atomic E-state index is -0.601. The summed E-state index contributed by atoms with van der Waals surface area (Å²) in [5.41, 5.74) is 5.25. The molecule has 4 N–H and O–H groups in total. The summed E-state index contributed by atoms with van der Waals surface area (Å²) in [7, 11) is 0. The van der Waals surface area contributed by atoms with Crippen molar-refractivity contribution in [3.8, 4) is 0 Å². The number of likely N-dealkylation sites (N-methyl/N-ethyl adjacent to an activating group) is 1. The minimum absolute atomic E-state index is 0.135. The number of rotatable bonds is 6. The van der Waals surface area contributed by atoms with Crippen molar-refractivity contribution >= 4 is 17.3 Å². The lowest BCUT2D eigenvalue weighted by molar-refractivity contribution is -0.384. The molecule has 0 atom stereocenters. The number of amidine groups is 1. The van der Waals surface area contributed by atoms with Gasteiger partial charge in [-0.3, -0.25) is 10.1 Å². The fourth-order valence-corrected chi connectivity index (χ4v) is 1.56. The zero-order valence-corrected chi connectivity index (χ0v) is 10.4. The Hall–Kier alpha value is -2.42. The van der Waals surface area contributed by atoms with Crippen LogP contribution in [0.3, 0.4) is 0 Å². The van der Waals surface area contributed by atoms with E-state index in [0.717, 1.165) is 0 Å². The average molecular weight is 269 g/mol. The first-order valence-corrected chi connectivity index (χ1v) is 5.53. The molecule has 1 heterocycles. The quantitative estimate of drug-likeness (QED) is 0.215. The van der Waals surface area contributed by atoms with Crippen LogP contribution in [0.15, 0.2) is 17.4 Å². The summed E-state index contributed by atoms with van der Waals surface area (Å²) in [6, 6.07) is 1.18. The predicted octanol–water partition coefficient (Wildman–Crippen LogP) is -0.0971. The third kappa shape index (κ3) is 3.28. The summed E-state index contributed by atoms with van der Waals surface area (Å²) in [6.07, 6.45) is 1.28. The Morgan fingerprint density at radius 2 is 2.37 bits per heavy atom. The molecule has 104 valence electrons. The fraction of sp³-hybridized carbons (Fsp3) is 0.400. The van der Waals surface area contributed by atoms with Gasteiger partial charge in [0.1, 0.15) is 0 Å². The van der Waals surface area contributed by atoms with E-state index in [9.17, 15) is 10.1 Å². The number of anilines is 1. The summed E-state index contributed by atoms with van der Waals surface area (Å²) in [4.78, 5) is 16.0. The van der Waals surface area contributed by atoms with Crippen molar-refractivity contribution in [2.45, 2.75) is 6.92 Å². The van der Waals surface area contributed by atoms with Crippen molar-refractivity contribution < 1.29 is 15.2 Å². The number of oxime groups is 1. The van der Waals surface area contributed by atoms with Crippen molar-refractivity contribution in [1.29, 1.82) is 0 Å². The number of nitrogens with zero attached hydrogens (tertiary/aromatic N) is 4. The van der Waals surface area contributed by atoms with E-state index in [2.05, 4.69) is 10.1 Å². The van der Waals surface area contributed by atoms with Crippen LogP contribution in [0.2, 0.25) is 0 Å². The van der Waals surface area contributed by atoms with E-state index in [4.69, 9.17) is 16.0 Å². The van der Waals surface area contributed by atoms with Gasteiger partial charge in [0.15, 0.2) is 5.84 Å². The van der Waals surface area contributed by atoms with Gasteiger partial charge in [0.2, 0.25) is 5.82 Å². The molecule has 0 fully saturated rings. The summed E-state index contributed by atoms with van der Waals surface area (Å²) in [5.74, 6) is -0.122. The molecule has 9 nitrogen and oxygen atoms in total. The molecular weight excluding hydrogens is 254 g/mol. The van der Waals surface area contributed by atoms with Gasteiger partial charge in [0.05, 0.1) is 11.5 Å². The summed E-state index contributed by atoms with van der Waals surface area (Å²) in [6.45, 7) is 2.33. The molecule has 0 amide bonds. The standard InChI is InChI=1S/C10H15N5O4/c1-2-14(3-4-16)10-8(15(18)19)5-7(6-12-10)9(11)13-17/h5-6,16-17H,2-4H2,1H3,(H2,11,13). The Morgan fingerprint density at radius 3 is 2.84 bits per heavy atom. The fourth-order valence-electron chi connectivity index (χ4n) is 1.56. The zero-order chi connectivity index (χ0) is 14.4. The Morgan fingerprint density at radius 1 is 1.68 bits per heavy atom. The second-order valence-electron chi connectivity index (χ2n) is 3.61. The van der Waals surface area contributed by atoms with Crippen molar-refractivity contribution in [1.82, 2.24) is 4.98 Å². The van der Waals surface area contributed by atoms with Crippen LogP contribution in [0.25, 0.3) is 0 Å². The van der Waals surface area contributed by atoms with Crippen molar-refractivity contribution in [3.05, 3.63) is 27.9 Å². The number of aromatic nitrogens is 1. The van der Waals surface area contributed by atoms with Crippen LogP contribution in [0.4, 0.5) is 11.5 Å². The second kappa shape index (κ2) is 6.50. The molecule has 0 aliphatic heterocycles. The maximum atomic E-state index is 11.0. The third-order valence-electron chi connectivity index (χ3n) is 2.50. The van der Waals surface area contributed by atoms with E-state index in [1.165, 1.54) is 12.3 Å². The first-order chi connectivity index (χ1) is 9.04. The highest BCUT2D eigenvalue weighted by Gasteiger charge is 2.21. The van der Waals surface area contributed by atoms with Gasteiger partial charge in [0, 0.05) is 30.9 Å². The molecule has 0 saturated heterocycles. The topological polar surface area (TPSA) is 138 Å². The van der Waals surface area contributed by atoms with Gasteiger partial charge in [-0.25, -0.2) is 4.98 Å². The molecule has 0 unspecified atom stereocenters. The highest BCUT2D eigenvalue weighted by Crippen LogP contribution is 2.26. The van der Waals surface area contributed by atoms with Crippen molar-refractivity contribution in [3.63, 3.8) is 0 Å². The number of nitrogens with two attached hydrogens (primary N) is 1. The number of hydrogen-bond acceptors (Lipinski definition) is 7. The molecular formula is C10H15N5O4.